The maximum absolute atomic E-state index is 13.9. The quantitative estimate of drug-likeness (QED) is 0.306. The summed E-state index contributed by atoms with van der Waals surface area (Å²) in [6, 6.07) is 15.5. The van der Waals surface area contributed by atoms with Crippen LogP contribution in [0.15, 0.2) is 65.6 Å². The van der Waals surface area contributed by atoms with E-state index in [1.807, 2.05) is 53.4 Å². The number of nitrogens with zero attached hydrogens (tertiary/aromatic N) is 4. The van der Waals surface area contributed by atoms with Gasteiger partial charge in [-0.2, -0.15) is 9.78 Å². The van der Waals surface area contributed by atoms with Crippen molar-refractivity contribution in [3.05, 3.63) is 82.5 Å². The second kappa shape index (κ2) is 14.0. The molecular weight excluding hydrogens is 531 g/mol. The Labute approximate surface area is 238 Å². The highest BCUT2D eigenvalue weighted by Crippen LogP contribution is 2.26. The Bertz CT molecular complexity index is 1320. The number of hydrogen-bond donors (Lipinski definition) is 1. The van der Waals surface area contributed by atoms with Crippen molar-refractivity contribution in [1.82, 2.24) is 14.1 Å². The molecule has 1 fully saturated rings. The summed E-state index contributed by atoms with van der Waals surface area (Å²) in [6.45, 7) is 6.27. The van der Waals surface area contributed by atoms with Crippen molar-refractivity contribution in [2.24, 2.45) is 0 Å². The van der Waals surface area contributed by atoms with Gasteiger partial charge in [0.1, 0.15) is 11.5 Å². The maximum atomic E-state index is 13.9. The van der Waals surface area contributed by atoms with Gasteiger partial charge >= 0.3 is 5.56 Å². The van der Waals surface area contributed by atoms with Gasteiger partial charge in [0.15, 0.2) is 0 Å². The summed E-state index contributed by atoms with van der Waals surface area (Å²) in [7, 11) is -1.14. The molecule has 216 valence electrons. The van der Waals surface area contributed by atoms with Gasteiger partial charge in [-0.1, -0.05) is 55.7 Å². The third-order valence-electron chi connectivity index (χ3n) is 6.90. The first-order valence-electron chi connectivity index (χ1n) is 13.9. The lowest BCUT2D eigenvalue weighted by Crippen LogP contribution is -2.47. The first-order valence-corrected chi connectivity index (χ1v) is 15.1. The zero-order chi connectivity index (χ0) is 28.5. The van der Waals surface area contributed by atoms with Crippen molar-refractivity contribution < 1.29 is 18.4 Å². The molecule has 1 atom stereocenters. The normalized spacial score (nSPS) is 15.2. The summed E-state index contributed by atoms with van der Waals surface area (Å²) < 4.78 is 36.0. The highest BCUT2D eigenvalue weighted by molar-refractivity contribution is 7.81. The molecule has 8 nitrogen and oxygen atoms in total. The van der Waals surface area contributed by atoms with Crippen molar-refractivity contribution >= 4 is 16.7 Å². The molecular formula is C30H39FN4O4S. The number of piperazine rings is 1. The summed E-state index contributed by atoms with van der Waals surface area (Å²) in [5.41, 5.74) is 0.842. The molecule has 0 bridgehead atoms. The Kier molecular flexibility index (Phi) is 10.5. The van der Waals surface area contributed by atoms with E-state index in [9.17, 15) is 18.5 Å². The first kappa shape index (κ1) is 29.9. The van der Waals surface area contributed by atoms with E-state index in [0.717, 1.165) is 42.3 Å². The number of rotatable bonds is 13. The molecule has 4 rings (SSSR count). The van der Waals surface area contributed by atoms with Crippen LogP contribution in [0.5, 0.6) is 5.75 Å². The lowest BCUT2D eigenvalue weighted by Gasteiger charge is -2.35. The van der Waals surface area contributed by atoms with Gasteiger partial charge in [0.05, 0.1) is 40.8 Å². The largest absolute Gasteiger partial charge is 0.486 e. The summed E-state index contributed by atoms with van der Waals surface area (Å²) in [4.78, 5) is 15.6. The molecule has 2 heterocycles. The number of hydrogen-bond acceptors (Lipinski definition) is 6. The molecule has 0 spiro atoms. The van der Waals surface area contributed by atoms with Crippen molar-refractivity contribution in [3.8, 4) is 11.4 Å². The molecule has 1 aromatic heterocycles. The van der Waals surface area contributed by atoms with E-state index in [0.29, 0.717) is 49.9 Å². The fourth-order valence-corrected chi connectivity index (χ4v) is 5.94. The van der Waals surface area contributed by atoms with Crippen LogP contribution < -0.4 is 15.2 Å². The van der Waals surface area contributed by atoms with Crippen LogP contribution in [0.2, 0.25) is 0 Å². The monoisotopic (exact) mass is 570 g/mol. The number of aliphatic hydroxyl groups is 1. The van der Waals surface area contributed by atoms with E-state index in [4.69, 9.17) is 4.74 Å². The van der Waals surface area contributed by atoms with E-state index < -0.39 is 28.0 Å². The number of aromatic nitrogens is 2. The molecule has 0 radical (unpaired) electrons. The molecule has 1 saturated heterocycles. The molecule has 0 saturated carbocycles. The lowest BCUT2D eigenvalue weighted by atomic mass is 10.0. The zero-order valence-corrected chi connectivity index (χ0v) is 24.1. The van der Waals surface area contributed by atoms with Gasteiger partial charge in [0.2, 0.25) is 5.75 Å². The topological polar surface area (TPSA) is 87.9 Å². The van der Waals surface area contributed by atoms with E-state index in [1.165, 1.54) is 18.2 Å². The van der Waals surface area contributed by atoms with Crippen LogP contribution in [0.3, 0.4) is 0 Å². The number of anilines is 1. The fraction of sp³-hybridized carbons (Fsp3) is 0.467. The molecule has 2 aromatic carbocycles. The molecule has 3 aromatic rings. The van der Waals surface area contributed by atoms with Gasteiger partial charge in [-0.15, -0.1) is 0 Å². The third-order valence-corrected chi connectivity index (χ3v) is 8.42. The first-order chi connectivity index (χ1) is 19.2. The van der Waals surface area contributed by atoms with Gasteiger partial charge in [-0.3, -0.25) is 4.79 Å². The number of benzene rings is 2. The van der Waals surface area contributed by atoms with Crippen LogP contribution >= 0.6 is 0 Å². The van der Waals surface area contributed by atoms with Gasteiger partial charge < -0.3 is 14.7 Å². The smallest absolute Gasteiger partial charge is 0.316 e. The standard InChI is InChI=1S/C30H39FN4O4S/c1-30(2,37)15-8-3-4-9-20-39-28-27(22-32-35(29(28)36)26-14-10-13-25(31)21-26)33-16-18-34(19-17-33)40(38)23-24-11-6-5-7-12-24/h5-7,10-14,21-22,37H,3-4,8-9,15-20,23H2,1-2H3. The van der Waals surface area contributed by atoms with Crippen molar-refractivity contribution in [2.45, 2.75) is 57.3 Å². The zero-order valence-electron chi connectivity index (χ0n) is 23.3. The summed E-state index contributed by atoms with van der Waals surface area (Å²) >= 11 is 0. The molecule has 0 amide bonds. The van der Waals surface area contributed by atoms with E-state index in [2.05, 4.69) is 5.10 Å². The van der Waals surface area contributed by atoms with Gasteiger partial charge in [0, 0.05) is 26.2 Å². The fourth-order valence-electron chi connectivity index (χ4n) is 4.71. The average molecular weight is 571 g/mol. The Morgan fingerprint density at radius 2 is 1.73 bits per heavy atom. The van der Waals surface area contributed by atoms with Crippen LogP contribution in [0.4, 0.5) is 10.1 Å². The van der Waals surface area contributed by atoms with Crippen molar-refractivity contribution in [2.75, 3.05) is 37.7 Å². The average Bonchev–Trinajstić information content (AvgIpc) is 2.93. The van der Waals surface area contributed by atoms with Crippen molar-refractivity contribution in [3.63, 3.8) is 0 Å². The van der Waals surface area contributed by atoms with E-state index in [-0.39, 0.29) is 5.75 Å². The summed E-state index contributed by atoms with van der Waals surface area (Å²) in [5, 5.41) is 14.2. The molecule has 40 heavy (non-hydrogen) atoms. The molecule has 1 N–H and O–H groups in total. The highest BCUT2D eigenvalue weighted by atomic mass is 32.2. The van der Waals surface area contributed by atoms with Crippen LogP contribution in [-0.4, -0.2) is 61.8 Å². The minimum Gasteiger partial charge on any atom is -0.486 e. The minimum absolute atomic E-state index is 0.189. The number of ether oxygens (including phenoxy) is 1. The second-order valence-electron chi connectivity index (χ2n) is 10.7. The second-order valence-corrected chi connectivity index (χ2v) is 12.2. The number of halogens is 1. The minimum atomic E-state index is -1.14. The Morgan fingerprint density at radius 3 is 2.42 bits per heavy atom. The lowest BCUT2D eigenvalue weighted by molar-refractivity contribution is 0.0679. The molecule has 0 aliphatic carbocycles. The van der Waals surface area contributed by atoms with Gasteiger partial charge in [-0.25, -0.2) is 12.9 Å². The van der Waals surface area contributed by atoms with E-state index in [1.54, 1.807) is 12.3 Å². The van der Waals surface area contributed by atoms with E-state index >= 15 is 0 Å². The van der Waals surface area contributed by atoms with Crippen LogP contribution in [0.1, 0.15) is 51.5 Å². The third kappa shape index (κ3) is 8.46. The Morgan fingerprint density at radius 1 is 1.00 bits per heavy atom. The Balaban J connectivity index is 1.44. The van der Waals surface area contributed by atoms with Crippen LogP contribution in [0.25, 0.3) is 5.69 Å². The van der Waals surface area contributed by atoms with Crippen molar-refractivity contribution in [1.29, 1.82) is 0 Å². The highest BCUT2D eigenvalue weighted by Gasteiger charge is 2.26. The van der Waals surface area contributed by atoms with Gasteiger partial charge in [-0.05, 0) is 50.5 Å². The summed E-state index contributed by atoms with van der Waals surface area (Å²) in [6.07, 6.45) is 5.91. The Hall–Kier alpha value is -3.08. The van der Waals surface area contributed by atoms with Gasteiger partial charge in [0.25, 0.3) is 0 Å². The predicted octanol–water partition coefficient (Wildman–Crippen LogP) is 4.46. The molecule has 10 heteroatoms. The van der Waals surface area contributed by atoms with Crippen LogP contribution in [-0.2, 0) is 16.7 Å². The molecule has 1 aliphatic rings. The molecule has 1 aliphatic heterocycles. The number of unbranched alkanes of at least 4 members (excludes halogenated alkanes) is 3. The van der Waals surface area contributed by atoms with Crippen LogP contribution in [0, 0.1) is 5.82 Å². The maximum Gasteiger partial charge on any atom is 0.316 e. The molecule has 1 unspecified atom stereocenters. The predicted molar refractivity (Wildman–Crippen MR) is 157 cm³/mol. The summed E-state index contributed by atoms with van der Waals surface area (Å²) in [5.74, 6) is 0.203. The SMILES string of the molecule is CC(C)(O)CCCCCCOc1c(N2CCN(S(=O)Cc3ccccc3)CC2)cnn(-c2cccc(F)c2)c1=O.